The van der Waals surface area contributed by atoms with E-state index in [0.717, 1.165) is 10.0 Å². The summed E-state index contributed by atoms with van der Waals surface area (Å²) < 4.78 is 6.25. The van der Waals surface area contributed by atoms with Gasteiger partial charge in [-0.3, -0.25) is 4.79 Å². The first-order chi connectivity index (χ1) is 11.6. The van der Waals surface area contributed by atoms with E-state index in [2.05, 4.69) is 30.9 Å². The standard InChI is InChI=1S/C16H16BrClN4O2/c1-2-24-14(23)13-8-22(16-20-9-19-15(18)21-16)7-12(13)10-3-5-11(17)6-4-10/h3-6,9,12-13H,2,7-8H2,1H3/t12-,13+/m1/s1. The molecule has 24 heavy (non-hydrogen) atoms. The van der Waals surface area contributed by atoms with Crippen LogP contribution in [0.25, 0.3) is 0 Å². The molecular weight excluding hydrogens is 396 g/mol. The molecule has 1 fully saturated rings. The second-order valence-electron chi connectivity index (χ2n) is 5.48. The first-order valence-corrected chi connectivity index (χ1v) is 8.77. The highest BCUT2D eigenvalue weighted by Gasteiger charge is 2.40. The van der Waals surface area contributed by atoms with Gasteiger partial charge in [-0.1, -0.05) is 28.1 Å². The molecule has 2 heterocycles. The molecule has 0 bridgehead atoms. The number of aromatic nitrogens is 3. The monoisotopic (exact) mass is 410 g/mol. The number of esters is 1. The van der Waals surface area contributed by atoms with Gasteiger partial charge in [-0.25, -0.2) is 9.97 Å². The third-order valence-corrected chi connectivity index (χ3v) is 4.73. The van der Waals surface area contributed by atoms with Crippen molar-refractivity contribution in [1.29, 1.82) is 0 Å². The largest absolute Gasteiger partial charge is 0.466 e. The van der Waals surface area contributed by atoms with Crippen molar-refractivity contribution in [3.63, 3.8) is 0 Å². The summed E-state index contributed by atoms with van der Waals surface area (Å²) in [7, 11) is 0. The lowest BCUT2D eigenvalue weighted by Crippen LogP contribution is -2.26. The van der Waals surface area contributed by atoms with E-state index in [1.54, 1.807) is 0 Å². The number of carbonyl (C=O) groups is 1. The van der Waals surface area contributed by atoms with Crippen LogP contribution < -0.4 is 4.90 Å². The number of benzene rings is 1. The lowest BCUT2D eigenvalue weighted by atomic mass is 9.89. The SMILES string of the molecule is CCOC(=O)[C@H]1CN(c2ncnc(Cl)n2)C[C@@H]1c1ccc(Br)cc1. The lowest BCUT2D eigenvalue weighted by Gasteiger charge is -2.17. The molecule has 1 aromatic heterocycles. The van der Waals surface area contributed by atoms with Crippen LogP contribution in [0.5, 0.6) is 0 Å². The maximum absolute atomic E-state index is 12.4. The highest BCUT2D eigenvalue weighted by Crippen LogP contribution is 2.35. The number of carbonyl (C=O) groups excluding carboxylic acids is 1. The summed E-state index contributed by atoms with van der Waals surface area (Å²) in [5.74, 6) is 0.00587. The van der Waals surface area contributed by atoms with Gasteiger partial charge in [0.1, 0.15) is 6.33 Å². The molecule has 6 nitrogen and oxygen atoms in total. The molecule has 1 aromatic carbocycles. The van der Waals surface area contributed by atoms with Gasteiger partial charge < -0.3 is 9.64 Å². The lowest BCUT2D eigenvalue weighted by molar-refractivity contribution is -0.147. The van der Waals surface area contributed by atoms with Crippen LogP contribution in [0.2, 0.25) is 5.28 Å². The Kier molecular flexibility index (Phi) is 5.30. The van der Waals surface area contributed by atoms with Crippen molar-refractivity contribution < 1.29 is 9.53 Å². The average Bonchev–Trinajstić information content (AvgIpc) is 3.01. The molecule has 0 saturated carbocycles. The maximum atomic E-state index is 12.4. The third kappa shape index (κ3) is 3.67. The zero-order valence-electron chi connectivity index (χ0n) is 13.0. The number of anilines is 1. The molecule has 1 saturated heterocycles. The Hall–Kier alpha value is -1.73. The predicted molar refractivity (Wildman–Crippen MR) is 94.1 cm³/mol. The van der Waals surface area contributed by atoms with Gasteiger partial charge in [0.2, 0.25) is 11.2 Å². The first kappa shape index (κ1) is 17.1. The van der Waals surface area contributed by atoms with Crippen LogP contribution in [0.1, 0.15) is 18.4 Å². The van der Waals surface area contributed by atoms with Gasteiger partial charge >= 0.3 is 5.97 Å². The Morgan fingerprint density at radius 2 is 2.08 bits per heavy atom. The van der Waals surface area contributed by atoms with Gasteiger partial charge in [-0.05, 0) is 36.2 Å². The van der Waals surface area contributed by atoms with Crippen LogP contribution >= 0.6 is 27.5 Å². The minimum absolute atomic E-state index is 0.00712. The first-order valence-electron chi connectivity index (χ1n) is 7.60. The highest BCUT2D eigenvalue weighted by atomic mass is 79.9. The normalized spacial score (nSPS) is 20.2. The molecule has 0 amide bonds. The topological polar surface area (TPSA) is 68.2 Å². The van der Waals surface area contributed by atoms with E-state index >= 15 is 0 Å². The van der Waals surface area contributed by atoms with Crippen molar-refractivity contribution in [2.24, 2.45) is 5.92 Å². The summed E-state index contributed by atoms with van der Waals surface area (Å²) in [4.78, 5) is 26.5. The molecule has 1 aliphatic heterocycles. The summed E-state index contributed by atoms with van der Waals surface area (Å²) in [5, 5.41) is 0.139. The summed E-state index contributed by atoms with van der Waals surface area (Å²) in [6, 6.07) is 7.98. The van der Waals surface area contributed by atoms with E-state index in [-0.39, 0.29) is 23.1 Å². The van der Waals surface area contributed by atoms with Gasteiger partial charge in [-0.15, -0.1) is 0 Å². The van der Waals surface area contributed by atoms with Crippen LogP contribution in [0.15, 0.2) is 35.1 Å². The molecule has 1 aliphatic rings. The fourth-order valence-electron chi connectivity index (χ4n) is 2.92. The molecule has 126 valence electrons. The van der Waals surface area contributed by atoms with E-state index in [1.165, 1.54) is 6.33 Å². The van der Waals surface area contributed by atoms with E-state index in [1.807, 2.05) is 36.1 Å². The number of hydrogen-bond donors (Lipinski definition) is 0. The van der Waals surface area contributed by atoms with Crippen molar-refractivity contribution in [1.82, 2.24) is 15.0 Å². The Morgan fingerprint density at radius 1 is 1.33 bits per heavy atom. The van der Waals surface area contributed by atoms with E-state index in [4.69, 9.17) is 16.3 Å². The molecule has 0 unspecified atom stereocenters. The van der Waals surface area contributed by atoms with Crippen LogP contribution in [-0.2, 0) is 9.53 Å². The Morgan fingerprint density at radius 3 is 2.75 bits per heavy atom. The quantitative estimate of drug-likeness (QED) is 0.720. The molecule has 2 atom stereocenters. The van der Waals surface area contributed by atoms with Crippen molar-refractivity contribution in [3.05, 3.63) is 45.9 Å². The second kappa shape index (κ2) is 7.44. The zero-order valence-corrected chi connectivity index (χ0v) is 15.4. The average molecular weight is 412 g/mol. The third-order valence-electron chi connectivity index (χ3n) is 4.02. The number of halogens is 2. The van der Waals surface area contributed by atoms with Gasteiger partial charge in [-0.2, -0.15) is 4.98 Å². The maximum Gasteiger partial charge on any atom is 0.311 e. The number of hydrogen-bond acceptors (Lipinski definition) is 6. The van der Waals surface area contributed by atoms with E-state index in [9.17, 15) is 4.79 Å². The highest BCUT2D eigenvalue weighted by molar-refractivity contribution is 9.10. The Balaban J connectivity index is 1.89. The van der Waals surface area contributed by atoms with Gasteiger partial charge in [0.15, 0.2) is 0 Å². The van der Waals surface area contributed by atoms with Gasteiger partial charge in [0.05, 0.1) is 12.5 Å². The minimum Gasteiger partial charge on any atom is -0.466 e. The van der Waals surface area contributed by atoms with E-state index in [0.29, 0.717) is 25.6 Å². The fourth-order valence-corrected chi connectivity index (χ4v) is 3.31. The van der Waals surface area contributed by atoms with Crippen molar-refractivity contribution in [2.75, 3.05) is 24.6 Å². The van der Waals surface area contributed by atoms with E-state index < -0.39 is 0 Å². The predicted octanol–water partition coefficient (Wildman–Crippen LogP) is 3.07. The smallest absolute Gasteiger partial charge is 0.311 e. The number of nitrogens with zero attached hydrogens (tertiary/aromatic N) is 4. The molecule has 0 radical (unpaired) electrons. The summed E-state index contributed by atoms with van der Waals surface area (Å²) in [6.45, 7) is 3.27. The Bertz CT molecular complexity index is 728. The molecule has 2 aromatic rings. The van der Waals surface area contributed by atoms with Gasteiger partial charge in [0, 0.05) is 23.5 Å². The molecular formula is C16H16BrClN4O2. The Labute approximate surface area is 153 Å². The second-order valence-corrected chi connectivity index (χ2v) is 6.73. The minimum atomic E-state index is -0.276. The van der Waals surface area contributed by atoms with Crippen molar-refractivity contribution in [3.8, 4) is 0 Å². The summed E-state index contributed by atoms with van der Waals surface area (Å²) in [5.41, 5.74) is 1.08. The fraction of sp³-hybridized carbons (Fsp3) is 0.375. The van der Waals surface area contributed by atoms with Gasteiger partial charge in [0.25, 0.3) is 0 Å². The van der Waals surface area contributed by atoms with Crippen LogP contribution in [0.3, 0.4) is 0 Å². The number of ether oxygens (including phenoxy) is 1. The molecule has 0 aliphatic carbocycles. The van der Waals surface area contributed by atoms with Crippen LogP contribution in [-0.4, -0.2) is 40.6 Å². The molecule has 8 heteroatoms. The molecule has 0 spiro atoms. The van der Waals surface area contributed by atoms with Crippen LogP contribution in [0.4, 0.5) is 5.95 Å². The number of rotatable bonds is 4. The summed E-state index contributed by atoms with van der Waals surface area (Å²) in [6.07, 6.45) is 1.37. The zero-order chi connectivity index (χ0) is 17.1. The summed E-state index contributed by atoms with van der Waals surface area (Å²) >= 11 is 9.29. The molecule has 3 rings (SSSR count). The molecule has 0 N–H and O–H groups in total. The van der Waals surface area contributed by atoms with Crippen molar-refractivity contribution >= 4 is 39.4 Å². The van der Waals surface area contributed by atoms with Crippen molar-refractivity contribution in [2.45, 2.75) is 12.8 Å². The van der Waals surface area contributed by atoms with Crippen LogP contribution in [0, 0.1) is 5.92 Å².